The third-order valence-corrected chi connectivity index (χ3v) is 4.52. The molecule has 3 rings (SSSR count). The lowest BCUT2D eigenvalue weighted by Gasteiger charge is -2.11. The largest absolute Gasteiger partial charge is 0.497 e. The highest BCUT2D eigenvalue weighted by Crippen LogP contribution is 2.30. The maximum absolute atomic E-state index is 12.2. The molecule has 0 saturated heterocycles. The van der Waals surface area contributed by atoms with Gasteiger partial charge in [0, 0.05) is 17.6 Å². The predicted molar refractivity (Wildman–Crippen MR) is 102 cm³/mol. The summed E-state index contributed by atoms with van der Waals surface area (Å²) in [7, 11) is 1.65. The molecular weight excluding hydrogens is 328 g/mol. The average Bonchev–Trinajstić information content (AvgIpc) is 2.97. The predicted octanol–water partition coefficient (Wildman–Crippen LogP) is 3.33. The first kappa shape index (κ1) is 17.9. The molecule has 0 radical (unpaired) electrons. The summed E-state index contributed by atoms with van der Waals surface area (Å²) in [5, 5.41) is 8.49. The summed E-state index contributed by atoms with van der Waals surface area (Å²) in [6.07, 6.45) is 2.65. The Balaban J connectivity index is 1.98. The van der Waals surface area contributed by atoms with E-state index in [1.54, 1.807) is 18.0 Å². The molecule has 3 aromatic rings. The molecular formula is C20H24N4O2. The second-order valence-electron chi connectivity index (χ2n) is 6.41. The molecule has 0 aliphatic rings. The number of rotatable bonds is 6. The Labute approximate surface area is 153 Å². The van der Waals surface area contributed by atoms with E-state index < -0.39 is 0 Å². The van der Waals surface area contributed by atoms with E-state index in [1.165, 1.54) is 0 Å². The zero-order valence-corrected chi connectivity index (χ0v) is 15.6. The molecule has 0 saturated carbocycles. The van der Waals surface area contributed by atoms with Crippen molar-refractivity contribution in [2.75, 3.05) is 7.11 Å². The Morgan fingerprint density at radius 2 is 2.00 bits per heavy atom. The first-order chi connectivity index (χ1) is 12.5. The minimum atomic E-state index is -0.0552. The van der Waals surface area contributed by atoms with Crippen LogP contribution in [0.15, 0.2) is 36.5 Å². The van der Waals surface area contributed by atoms with Crippen molar-refractivity contribution in [2.24, 2.45) is 0 Å². The van der Waals surface area contributed by atoms with E-state index in [0.29, 0.717) is 0 Å². The third-order valence-electron chi connectivity index (χ3n) is 4.52. The number of methoxy groups -OCH3 is 1. The smallest absolute Gasteiger partial charge is 0.242 e. The number of nitrogens with zero attached hydrogens (tertiary/aromatic N) is 3. The molecule has 1 unspecified atom stereocenters. The van der Waals surface area contributed by atoms with E-state index in [9.17, 15) is 4.79 Å². The minimum absolute atomic E-state index is 0.0552. The lowest BCUT2D eigenvalue weighted by Crippen LogP contribution is -2.34. The van der Waals surface area contributed by atoms with Crippen LogP contribution in [0.5, 0.6) is 5.75 Å². The molecule has 0 aliphatic heterocycles. The van der Waals surface area contributed by atoms with Crippen LogP contribution in [0.3, 0.4) is 0 Å². The minimum Gasteiger partial charge on any atom is -0.497 e. The van der Waals surface area contributed by atoms with Crippen molar-refractivity contribution in [2.45, 2.75) is 39.8 Å². The average molecular weight is 352 g/mol. The summed E-state index contributed by atoms with van der Waals surface area (Å²) < 4.78 is 6.91. The zero-order chi connectivity index (χ0) is 18.7. The number of pyridine rings is 1. The van der Waals surface area contributed by atoms with Crippen molar-refractivity contribution in [3.8, 4) is 16.9 Å². The fraction of sp³-hybridized carbons (Fsp3) is 0.350. The van der Waals surface area contributed by atoms with Gasteiger partial charge >= 0.3 is 0 Å². The van der Waals surface area contributed by atoms with Crippen LogP contribution in [0.4, 0.5) is 0 Å². The van der Waals surface area contributed by atoms with Crippen LogP contribution in [0.2, 0.25) is 0 Å². The second kappa shape index (κ2) is 7.56. The van der Waals surface area contributed by atoms with Crippen LogP contribution in [0.1, 0.15) is 26.0 Å². The highest BCUT2D eigenvalue weighted by atomic mass is 16.5. The van der Waals surface area contributed by atoms with Crippen LogP contribution < -0.4 is 10.1 Å². The van der Waals surface area contributed by atoms with Crippen LogP contribution in [0.25, 0.3) is 22.2 Å². The second-order valence-corrected chi connectivity index (χ2v) is 6.41. The van der Waals surface area contributed by atoms with Crippen molar-refractivity contribution in [3.63, 3.8) is 0 Å². The number of hydrogen-bond donors (Lipinski definition) is 1. The molecule has 0 aliphatic carbocycles. The number of hydrogen-bond acceptors (Lipinski definition) is 4. The van der Waals surface area contributed by atoms with Gasteiger partial charge in [0.05, 0.1) is 12.8 Å². The van der Waals surface area contributed by atoms with Gasteiger partial charge in [0.15, 0.2) is 5.65 Å². The van der Waals surface area contributed by atoms with Crippen molar-refractivity contribution in [3.05, 3.63) is 42.2 Å². The van der Waals surface area contributed by atoms with Gasteiger partial charge in [0.2, 0.25) is 5.91 Å². The van der Waals surface area contributed by atoms with E-state index in [0.717, 1.165) is 40.0 Å². The first-order valence-corrected chi connectivity index (χ1v) is 8.79. The molecule has 0 bridgehead atoms. The molecule has 2 heterocycles. The summed E-state index contributed by atoms with van der Waals surface area (Å²) in [6.45, 7) is 6.14. The van der Waals surface area contributed by atoms with E-state index in [2.05, 4.69) is 15.4 Å². The van der Waals surface area contributed by atoms with E-state index in [-0.39, 0.29) is 18.5 Å². The summed E-state index contributed by atoms with van der Waals surface area (Å²) in [4.78, 5) is 16.7. The van der Waals surface area contributed by atoms with Gasteiger partial charge in [-0.25, -0.2) is 9.67 Å². The quantitative estimate of drug-likeness (QED) is 0.739. The number of amides is 1. The Bertz CT molecular complexity index is 915. The lowest BCUT2D eigenvalue weighted by molar-refractivity contribution is -0.122. The number of fused-ring (bicyclic) bond motifs is 1. The Morgan fingerprint density at radius 3 is 2.65 bits per heavy atom. The van der Waals surface area contributed by atoms with Crippen molar-refractivity contribution < 1.29 is 9.53 Å². The zero-order valence-electron chi connectivity index (χ0n) is 15.6. The van der Waals surface area contributed by atoms with E-state index in [4.69, 9.17) is 4.74 Å². The topological polar surface area (TPSA) is 69.0 Å². The number of benzene rings is 1. The number of aromatic nitrogens is 3. The molecule has 1 amide bonds. The summed E-state index contributed by atoms with van der Waals surface area (Å²) >= 11 is 0. The highest BCUT2D eigenvalue weighted by Gasteiger charge is 2.16. The number of carbonyl (C=O) groups is 1. The number of ether oxygens (including phenoxy) is 1. The van der Waals surface area contributed by atoms with Crippen molar-refractivity contribution in [1.29, 1.82) is 0 Å². The molecule has 2 aromatic heterocycles. The van der Waals surface area contributed by atoms with Crippen LogP contribution >= 0.6 is 0 Å². The lowest BCUT2D eigenvalue weighted by atomic mass is 10.0. The molecule has 1 aromatic carbocycles. The number of aryl methyl sites for hydroxylation is 1. The van der Waals surface area contributed by atoms with Gasteiger partial charge in [-0.05, 0) is 49.6 Å². The van der Waals surface area contributed by atoms with Crippen LogP contribution in [0, 0.1) is 6.92 Å². The maximum Gasteiger partial charge on any atom is 0.242 e. The number of carbonyl (C=O) groups excluding carboxylic acids is 1. The van der Waals surface area contributed by atoms with Gasteiger partial charge in [0.25, 0.3) is 0 Å². The molecule has 0 spiro atoms. The number of nitrogens with one attached hydrogen (secondary N) is 1. The molecule has 1 N–H and O–H groups in total. The van der Waals surface area contributed by atoms with Crippen LogP contribution in [-0.2, 0) is 11.3 Å². The Morgan fingerprint density at radius 1 is 1.27 bits per heavy atom. The molecule has 1 atom stereocenters. The standard InChI is InChI=1S/C20H24N4O2/c1-5-13(2)22-18(25)12-24-20-19(14(3)23-24)17(10-11-21-20)15-6-8-16(26-4)9-7-15/h6-11,13H,5,12H2,1-4H3,(H,22,25). The highest BCUT2D eigenvalue weighted by molar-refractivity contribution is 5.95. The monoisotopic (exact) mass is 352 g/mol. The maximum atomic E-state index is 12.2. The summed E-state index contributed by atoms with van der Waals surface area (Å²) in [6, 6.07) is 10.0. The molecule has 26 heavy (non-hydrogen) atoms. The normalized spacial score (nSPS) is 12.2. The van der Waals surface area contributed by atoms with E-state index >= 15 is 0 Å². The Kier molecular flexibility index (Phi) is 5.21. The van der Waals surface area contributed by atoms with Gasteiger partial charge < -0.3 is 10.1 Å². The van der Waals surface area contributed by atoms with Crippen LogP contribution in [-0.4, -0.2) is 33.8 Å². The SMILES string of the molecule is CCC(C)NC(=O)Cn1nc(C)c2c(-c3ccc(OC)cc3)ccnc21. The third kappa shape index (κ3) is 3.54. The van der Waals surface area contributed by atoms with Crippen molar-refractivity contribution >= 4 is 16.9 Å². The van der Waals surface area contributed by atoms with Gasteiger partial charge in [-0.3, -0.25) is 4.79 Å². The fourth-order valence-corrected chi connectivity index (χ4v) is 2.96. The van der Waals surface area contributed by atoms with Gasteiger partial charge in [0.1, 0.15) is 12.3 Å². The van der Waals surface area contributed by atoms with Crippen molar-refractivity contribution in [1.82, 2.24) is 20.1 Å². The molecule has 136 valence electrons. The summed E-state index contributed by atoms with van der Waals surface area (Å²) in [5.41, 5.74) is 3.68. The molecule has 6 heteroatoms. The van der Waals surface area contributed by atoms with Gasteiger partial charge in [-0.15, -0.1) is 0 Å². The Hall–Kier alpha value is -2.89. The summed E-state index contributed by atoms with van der Waals surface area (Å²) in [5.74, 6) is 0.758. The first-order valence-electron chi connectivity index (χ1n) is 8.79. The molecule has 6 nitrogen and oxygen atoms in total. The molecule has 0 fully saturated rings. The van der Waals surface area contributed by atoms with Gasteiger partial charge in [-0.2, -0.15) is 5.10 Å². The fourth-order valence-electron chi connectivity index (χ4n) is 2.96. The van der Waals surface area contributed by atoms with Gasteiger partial charge in [-0.1, -0.05) is 19.1 Å². The van der Waals surface area contributed by atoms with E-state index in [1.807, 2.05) is 51.1 Å².